The number of amides is 1. The third-order valence-electron chi connectivity index (χ3n) is 4.53. The van der Waals surface area contributed by atoms with Gasteiger partial charge >= 0.3 is 0 Å². The highest BCUT2D eigenvalue weighted by Gasteiger charge is 2.28. The number of hydrogen-bond acceptors (Lipinski definition) is 2. The highest BCUT2D eigenvalue weighted by molar-refractivity contribution is 6.00. The maximum atomic E-state index is 11.6. The average molecular weight is 258 g/mol. The van der Waals surface area contributed by atoms with E-state index in [-0.39, 0.29) is 11.9 Å². The Morgan fingerprint density at radius 2 is 2.00 bits per heavy atom. The molecule has 0 bridgehead atoms. The van der Waals surface area contributed by atoms with Gasteiger partial charge in [-0.05, 0) is 36.8 Å². The van der Waals surface area contributed by atoms with Crippen LogP contribution in [-0.4, -0.2) is 5.91 Å². The molecule has 1 fully saturated rings. The molecule has 3 N–H and O–H groups in total. The Bertz CT molecular complexity index is 504. The molecule has 1 aliphatic heterocycles. The number of nitrogens with one attached hydrogen (secondary N) is 1. The van der Waals surface area contributed by atoms with Crippen molar-refractivity contribution in [2.75, 3.05) is 5.32 Å². The minimum absolute atomic E-state index is 0.0624. The topological polar surface area (TPSA) is 55.1 Å². The van der Waals surface area contributed by atoms with E-state index in [0.29, 0.717) is 12.3 Å². The summed E-state index contributed by atoms with van der Waals surface area (Å²) < 4.78 is 0. The van der Waals surface area contributed by atoms with E-state index in [4.69, 9.17) is 5.73 Å². The van der Waals surface area contributed by atoms with Crippen molar-refractivity contribution in [2.24, 2.45) is 11.7 Å². The number of hydrogen-bond donors (Lipinski definition) is 2. The van der Waals surface area contributed by atoms with Gasteiger partial charge in [-0.25, -0.2) is 0 Å². The van der Waals surface area contributed by atoms with Crippen molar-refractivity contribution in [3.8, 4) is 0 Å². The van der Waals surface area contributed by atoms with Crippen molar-refractivity contribution in [3.05, 3.63) is 28.8 Å². The molecule has 0 spiro atoms. The Morgan fingerprint density at radius 1 is 1.26 bits per heavy atom. The summed E-state index contributed by atoms with van der Waals surface area (Å²) in [4.78, 5) is 11.6. The van der Waals surface area contributed by atoms with E-state index in [1.807, 2.05) is 0 Å². The van der Waals surface area contributed by atoms with E-state index >= 15 is 0 Å². The molecule has 1 aromatic rings. The Kier molecular flexibility index (Phi) is 3.31. The van der Waals surface area contributed by atoms with Gasteiger partial charge in [0.2, 0.25) is 5.91 Å². The van der Waals surface area contributed by atoms with Crippen LogP contribution in [0, 0.1) is 12.8 Å². The van der Waals surface area contributed by atoms with Crippen LogP contribution in [0.2, 0.25) is 0 Å². The van der Waals surface area contributed by atoms with Gasteiger partial charge in [-0.3, -0.25) is 4.79 Å². The molecule has 3 heteroatoms. The number of carbonyl (C=O) groups is 1. The second kappa shape index (κ2) is 4.97. The largest absolute Gasteiger partial charge is 0.325 e. The van der Waals surface area contributed by atoms with Crippen molar-refractivity contribution in [1.29, 1.82) is 0 Å². The van der Waals surface area contributed by atoms with Gasteiger partial charge in [-0.1, -0.05) is 37.0 Å². The first-order chi connectivity index (χ1) is 9.15. The Balaban J connectivity index is 1.93. The summed E-state index contributed by atoms with van der Waals surface area (Å²) in [6, 6.07) is 4.32. The first-order valence-electron chi connectivity index (χ1n) is 7.34. The zero-order valence-corrected chi connectivity index (χ0v) is 11.5. The summed E-state index contributed by atoms with van der Waals surface area (Å²) in [6.07, 6.45) is 6.86. The summed E-state index contributed by atoms with van der Waals surface area (Å²) in [7, 11) is 0. The number of anilines is 1. The molecule has 1 saturated carbocycles. The number of rotatable bonds is 2. The summed E-state index contributed by atoms with van der Waals surface area (Å²) in [5.41, 5.74) is 11.0. The van der Waals surface area contributed by atoms with Gasteiger partial charge in [0.25, 0.3) is 0 Å². The van der Waals surface area contributed by atoms with E-state index in [1.165, 1.54) is 37.7 Å². The molecule has 1 aliphatic carbocycles. The summed E-state index contributed by atoms with van der Waals surface area (Å²) in [5.74, 6) is 0.662. The molecule has 1 atom stereocenters. The Hall–Kier alpha value is -1.35. The molecule has 102 valence electrons. The predicted octanol–water partition coefficient (Wildman–Crippen LogP) is 3.07. The third-order valence-corrected chi connectivity index (χ3v) is 4.53. The molecule has 1 amide bonds. The lowest BCUT2D eigenvalue weighted by atomic mass is 9.80. The van der Waals surface area contributed by atoms with Crippen LogP contribution in [0.15, 0.2) is 12.1 Å². The van der Waals surface area contributed by atoms with E-state index in [2.05, 4.69) is 24.4 Å². The summed E-state index contributed by atoms with van der Waals surface area (Å²) >= 11 is 0. The zero-order chi connectivity index (χ0) is 13.4. The first-order valence-corrected chi connectivity index (χ1v) is 7.34. The monoisotopic (exact) mass is 258 g/mol. The van der Waals surface area contributed by atoms with Gasteiger partial charge in [-0.2, -0.15) is 0 Å². The molecule has 1 heterocycles. The highest BCUT2D eigenvalue weighted by atomic mass is 16.1. The molecule has 0 radical (unpaired) electrons. The van der Waals surface area contributed by atoms with E-state index in [9.17, 15) is 4.79 Å². The van der Waals surface area contributed by atoms with E-state index in [1.54, 1.807) is 0 Å². The first kappa shape index (κ1) is 12.7. The quantitative estimate of drug-likeness (QED) is 0.856. The zero-order valence-electron chi connectivity index (χ0n) is 11.5. The van der Waals surface area contributed by atoms with E-state index < -0.39 is 0 Å². The molecule has 0 aromatic heterocycles. The van der Waals surface area contributed by atoms with Gasteiger partial charge in [0.1, 0.15) is 0 Å². The number of benzene rings is 1. The molecule has 3 rings (SSSR count). The number of carbonyl (C=O) groups excluding carboxylic acids is 1. The molecular weight excluding hydrogens is 236 g/mol. The van der Waals surface area contributed by atoms with Crippen molar-refractivity contribution < 1.29 is 4.79 Å². The van der Waals surface area contributed by atoms with Gasteiger partial charge in [0.15, 0.2) is 0 Å². The van der Waals surface area contributed by atoms with Crippen LogP contribution in [0.3, 0.4) is 0 Å². The summed E-state index contributed by atoms with van der Waals surface area (Å²) in [6.45, 7) is 2.08. The second-order valence-corrected chi connectivity index (χ2v) is 6.04. The minimum Gasteiger partial charge on any atom is -0.325 e. The van der Waals surface area contributed by atoms with Crippen LogP contribution >= 0.6 is 0 Å². The smallest absolute Gasteiger partial charge is 0.228 e. The molecule has 19 heavy (non-hydrogen) atoms. The average Bonchev–Trinajstić information content (AvgIpc) is 2.78. The maximum absolute atomic E-state index is 11.6. The van der Waals surface area contributed by atoms with Crippen LogP contribution in [0.25, 0.3) is 0 Å². The van der Waals surface area contributed by atoms with Crippen molar-refractivity contribution in [2.45, 2.75) is 51.5 Å². The molecule has 2 aliphatic rings. The highest BCUT2D eigenvalue weighted by Crippen LogP contribution is 2.39. The molecule has 0 saturated heterocycles. The van der Waals surface area contributed by atoms with Crippen molar-refractivity contribution in [1.82, 2.24) is 0 Å². The predicted molar refractivity (Wildman–Crippen MR) is 77.0 cm³/mol. The van der Waals surface area contributed by atoms with Crippen LogP contribution in [0.5, 0.6) is 0 Å². The fraction of sp³-hybridized carbons (Fsp3) is 0.562. The second-order valence-electron chi connectivity index (χ2n) is 6.04. The van der Waals surface area contributed by atoms with Gasteiger partial charge in [0, 0.05) is 11.7 Å². The third kappa shape index (κ3) is 2.39. The van der Waals surface area contributed by atoms with Crippen LogP contribution in [0.1, 0.15) is 54.8 Å². The number of fused-ring (bicyclic) bond motifs is 1. The maximum Gasteiger partial charge on any atom is 0.228 e. The molecular formula is C16H22N2O. The standard InChI is InChI=1S/C16H22N2O/c1-10-7-12-9-14(19)18-16(12)13(8-10)15(17)11-5-3-2-4-6-11/h7-8,11,15H,2-6,9,17H2,1H3,(H,18,19). The fourth-order valence-electron chi connectivity index (χ4n) is 3.55. The lowest BCUT2D eigenvalue weighted by molar-refractivity contribution is -0.115. The van der Waals surface area contributed by atoms with Crippen molar-refractivity contribution in [3.63, 3.8) is 0 Å². The molecule has 3 nitrogen and oxygen atoms in total. The normalized spacial score (nSPS) is 21.1. The number of nitrogens with two attached hydrogens (primary N) is 1. The summed E-state index contributed by atoms with van der Waals surface area (Å²) in [5, 5.41) is 2.99. The lowest BCUT2D eigenvalue weighted by Gasteiger charge is -2.29. The minimum atomic E-state index is 0.0624. The Labute approximate surface area is 114 Å². The number of aryl methyl sites for hydroxylation is 1. The van der Waals surface area contributed by atoms with Gasteiger partial charge in [0.05, 0.1) is 6.42 Å². The van der Waals surface area contributed by atoms with Crippen LogP contribution < -0.4 is 11.1 Å². The SMILES string of the molecule is Cc1cc2c(c(C(N)C3CCCCC3)c1)NC(=O)C2. The van der Waals surface area contributed by atoms with Gasteiger partial charge in [-0.15, -0.1) is 0 Å². The van der Waals surface area contributed by atoms with Crippen LogP contribution in [0.4, 0.5) is 5.69 Å². The molecule has 1 unspecified atom stereocenters. The Morgan fingerprint density at radius 3 is 2.74 bits per heavy atom. The molecule has 1 aromatic carbocycles. The van der Waals surface area contributed by atoms with Crippen LogP contribution in [-0.2, 0) is 11.2 Å². The van der Waals surface area contributed by atoms with Gasteiger partial charge < -0.3 is 11.1 Å². The lowest BCUT2D eigenvalue weighted by Crippen LogP contribution is -2.24. The van der Waals surface area contributed by atoms with E-state index in [0.717, 1.165) is 16.8 Å². The fourth-order valence-corrected chi connectivity index (χ4v) is 3.55. The van der Waals surface area contributed by atoms with Crippen molar-refractivity contribution >= 4 is 11.6 Å².